The second-order valence-corrected chi connectivity index (χ2v) is 6.02. The second kappa shape index (κ2) is 8.63. The maximum Gasteiger partial charge on any atom is 0.269 e. The van der Waals surface area contributed by atoms with Gasteiger partial charge in [-0.05, 0) is 48.9 Å². The van der Waals surface area contributed by atoms with E-state index in [0.717, 1.165) is 11.3 Å². The van der Waals surface area contributed by atoms with Crippen LogP contribution < -0.4 is 10.7 Å². The molecule has 1 amide bonds. The zero-order chi connectivity index (χ0) is 19.9. The average Bonchev–Trinajstić information content (AvgIpc) is 3.15. The van der Waals surface area contributed by atoms with Crippen LogP contribution in [0.3, 0.4) is 0 Å². The lowest BCUT2D eigenvalue weighted by molar-refractivity contribution is -0.384. The quantitative estimate of drug-likeness (QED) is 0.370. The van der Waals surface area contributed by atoms with Crippen molar-refractivity contribution in [2.45, 2.75) is 6.92 Å². The molecule has 0 fully saturated rings. The number of hydrogen-bond acceptors (Lipinski definition) is 6. The molecule has 0 bridgehead atoms. The number of aryl methyl sites for hydroxylation is 1. The largest absolute Gasteiger partial charge is 0.455 e. The first-order valence-corrected chi connectivity index (χ1v) is 8.48. The number of rotatable bonds is 7. The monoisotopic (exact) mass is 378 g/mol. The van der Waals surface area contributed by atoms with Gasteiger partial charge in [0, 0.05) is 23.4 Å². The van der Waals surface area contributed by atoms with Crippen molar-refractivity contribution in [1.29, 1.82) is 0 Å². The van der Waals surface area contributed by atoms with Crippen molar-refractivity contribution in [3.05, 3.63) is 82.1 Å². The summed E-state index contributed by atoms with van der Waals surface area (Å²) < 4.78 is 5.61. The van der Waals surface area contributed by atoms with E-state index in [0.29, 0.717) is 17.1 Å². The highest BCUT2D eigenvalue weighted by Gasteiger charge is 2.08. The molecule has 3 rings (SSSR count). The maximum atomic E-state index is 11.8. The van der Waals surface area contributed by atoms with E-state index in [1.165, 1.54) is 18.3 Å². The first-order valence-electron chi connectivity index (χ1n) is 8.48. The van der Waals surface area contributed by atoms with Gasteiger partial charge in [-0.1, -0.05) is 12.1 Å². The molecular formula is C20H18N4O4. The predicted octanol–water partition coefficient (Wildman–Crippen LogP) is 3.73. The van der Waals surface area contributed by atoms with Gasteiger partial charge in [-0.3, -0.25) is 14.9 Å². The van der Waals surface area contributed by atoms with E-state index in [9.17, 15) is 14.9 Å². The van der Waals surface area contributed by atoms with Gasteiger partial charge in [-0.15, -0.1) is 0 Å². The fourth-order valence-electron chi connectivity index (χ4n) is 2.47. The normalized spacial score (nSPS) is 10.8. The number of benzene rings is 2. The average molecular weight is 378 g/mol. The third-order valence-electron chi connectivity index (χ3n) is 3.84. The van der Waals surface area contributed by atoms with Crippen molar-refractivity contribution >= 4 is 23.5 Å². The Bertz CT molecular complexity index is 1010. The summed E-state index contributed by atoms with van der Waals surface area (Å²) in [6.07, 6.45) is 1.39. The number of nitrogens with zero attached hydrogens (tertiary/aromatic N) is 2. The van der Waals surface area contributed by atoms with Crippen molar-refractivity contribution < 1.29 is 14.1 Å². The highest BCUT2D eigenvalue weighted by Crippen LogP contribution is 2.23. The molecule has 0 spiro atoms. The Morgan fingerprint density at radius 2 is 1.96 bits per heavy atom. The highest BCUT2D eigenvalue weighted by molar-refractivity contribution is 5.83. The van der Waals surface area contributed by atoms with Gasteiger partial charge in [0.05, 0.1) is 17.7 Å². The molecule has 0 radical (unpaired) electrons. The lowest BCUT2D eigenvalue weighted by atomic mass is 10.1. The maximum absolute atomic E-state index is 11.8. The zero-order valence-electron chi connectivity index (χ0n) is 15.1. The Morgan fingerprint density at radius 1 is 1.18 bits per heavy atom. The van der Waals surface area contributed by atoms with Crippen molar-refractivity contribution in [1.82, 2.24) is 5.43 Å². The summed E-state index contributed by atoms with van der Waals surface area (Å²) in [4.78, 5) is 22.1. The van der Waals surface area contributed by atoms with Gasteiger partial charge in [0.1, 0.15) is 11.5 Å². The van der Waals surface area contributed by atoms with Crippen LogP contribution in [0.2, 0.25) is 0 Å². The molecule has 2 N–H and O–H groups in total. The molecule has 1 aromatic heterocycles. The molecule has 8 heteroatoms. The number of nitro benzene ring substituents is 1. The Labute approximate surface area is 161 Å². The van der Waals surface area contributed by atoms with Gasteiger partial charge < -0.3 is 9.73 Å². The number of carbonyl (C=O) groups excluding carboxylic acids is 1. The Kier molecular flexibility index (Phi) is 5.81. The smallest absolute Gasteiger partial charge is 0.269 e. The van der Waals surface area contributed by atoms with Crippen LogP contribution in [-0.2, 0) is 4.79 Å². The van der Waals surface area contributed by atoms with E-state index in [-0.39, 0.29) is 18.1 Å². The number of nitro groups is 1. The molecule has 3 aromatic rings. The molecule has 8 nitrogen and oxygen atoms in total. The molecule has 0 atom stereocenters. The number of amides is 1. The summed E-state index contributed by atoms with van der Waals surface area (Å²) in [5.74, 6) is 0.698. The van der Waals surface area contributed by atoms with Crippen molar-refractivity contribution in [2.24, 2.45) is 5.10 Å². The van der Waals surface area contributed by atoms with E-state index in [2.05, 4.69) is 15.8 Å². The summed E-state index contributed by atoms with van der Waals surface area (Å²) in [5, 5.41) is 17.6. The van der Waals surface area contributed by atoms with Crippen LogP contribution in [0.25, 0.3) is 11.3 Å². The van der Waals surface area contributed by atoms with Gasteiger partial charge in [-0.25, -0.2) is 5.43 Å². The summed E-state index contributed by atoms with van der Waals surface area (Å²) in [6.45, 7) is 2.07. The third-order valence-corrected chi connectivity index (χ3v) is 3.84. The molecule has 0 saturated heterocycles. The Morgan fingerprint density at radius 3 is 2.68 bits per heavy atom. The van der Waals surface area contributed by atoms with E-state index < -0.39 is 4.92 Å². The van der Waals surface area contributed by atoms with Crippen LogP contribution in [0, 0.1) is 17.0 Å². The number of hydrogen-bond donors (Lipinski definition) is 2. The zero-order valence-corrected chi connectivity index (χ0v) is 15.1. The first kappa shape index (κ1) is 18.8. The summed E-state index contributed by atoms with van der Waals surface area (Å²) >= 11 is 0. The lowest BCUT2D eigenvalue weighted by Crippen LogP contribution is -2.25. The second-order valence-electron chi connectivity index (χ2n) is 6.02. The molecule has 142 valence electrons. The molecule has 1 heterocycles. The van der Waals surface area contributed by atoms with Crippen molar-refractivity contribution in [3.8, 4) is 11.3 Å². The number of anilines is 1. The molecule has 0 aliphatic heterocycles. The van der Waals surface area contributed by atoms with Crippen molar-refractivity contribution in [3.63, 3.8) is 0 Å². The minimum atomic E-state index is -0.458. The molecule has 0 unspecified atom stereocenters. The number of carbonyl (C=O) groups is 1. The van der Waals surface area contributed by atoms with Crippen LogP contribution in [-0.4, -0.2) is 23.6 Å². The van der Waals surface area contributed by atoms with E-state index in [1.807, 2.05) is 31.2 Å². The van der Waals surface area contributed by atoms with Crippen LogP contribution in [0.15, 0.2) is 70.2 Å². The standard InChI is InChI=1S/C20H18N4O4/c1-14-3-2-4-16(11-14)21-13-20(25)23-22-12-18-9-10-19(28-18)15-5-7-17(8-6-15)24(26)27/h2-12,21H,13H2,1H3,(H,23,25). The fourth-order valence-corrected chi connectivity index (χ4v) is 2.47. The highest BCUT2D eigenvalue weighted by atomic mass is 16.6. The molecule has 0 aliphatic carbocycles. The van der Waals surface area contributed by atoms with E-state index >= 15 is 0 Å². The SMILES string of the molecule is Cc1cccc(NCC(=O)NN=Cc2ccc(-c3ccc([N+](=O)[O-])cc3)o2)c1. The topological polar surface area (TPSA) is 110 Å². The van der Waals surface area contributed by atoms with Gasteiger partial charge in [0.2, 0.25) is 0 Å². The molecule has 28 heavy (non-hydrogen) atoms. The molecular weight excluding hydrogens is 360 g/mol. The summed E-state index contributed by atoms with van der Waals surface area (Å²) in [7, 11) is 0. The number of non-ortho nitro benzene ring substituents is 1. The van der Waals surface area contributed by atoms with Crippen LogP contribution in [0.5, 0.6) is 0 Å². The number of furan rings is 1. The Balaban J connectivity index is 1.52. The van der Waals surface area contributed by atoms with Crippen LogP contribution in [0.1, 0.15) is 11.3 Å². The minimum Gasteiger partial charge on any atom is -0.455 e. The predicted molar refractivity (Wildman–Crippen MR) is 106 cm³/mol. The van der Waals surface area contributed by atoms with Gasteiger partial charge in [-0.2, -0.15) is 5.10 Å². The summed E-state index contributed by atoms with van der Waals surface area (Å²) in [6, 6.07) is 17.2. The summed E-state index contributed by atoms with van der Waals surface area (Å²) in [5.41, 5.74) is 5.10. The van der Waals surface area contributed by atoms with Crippen LogP contribution >= 0.6 is 0 Å². The third kappa shape index (κ3) is 5.04. The molecule has 2 aromatic carbocycles. The van der Waals surface area contributed by atoms with E-state index in [1.54, 1.807) is 24.3 Å². The number of hydrazone groups is 1. The van der Waals surface area contributed by atoms with Crippen molar-refractivity contribution in [2.75, 3.05) is 11.9 Å². The number of nitrogens with one attached hydrogen (secondary N) is 2. The van der Waals surface area contributed by atoms with Crippen LogP contribution in [0.4, 0.5) is 11.4 Å². The van der Waals surface area contributed by atoms with Gasteiger partial charge in [0.25, 0.3) is 11.6 Å². The Hall–Kier alpha value is -3.94. The van der Waals surface area contributed by atoms with Gasteiger partial charge >= 0.3 is 0 Å². The van der Waals surface area contributed by atoms with Gasteiger partial charge in [0.15, 0.2) is 0 Å². The molecule has 0 saturated carbocycles. The molecule has 0 aliphatic rings. The lowest BCUT2D eigenvalue weighted by Gasteiger charge is -2.05. The fraction of sp³-hybridized carbons (Fsp3) is 0.100. The first-order chi connectivity index (χ1) is 13.5. The minimum absolute atomic E-state index is 0.0130. The van der Waals surface area contributed by atoms with E-state index in [4.69, 9.17) is 4.42 Å².